The summed E-state index contributed by atoms with van der Waals surface area (Å²) in [4.78, 5) is 18.6. The molecule has 1 N–H and O–H groups in total. The lowest BCUT2D eigenvalue weighted by Gasteiger charge is -2.36. The maximum Gasteiger partial charge on any atom is 0.410 e. The average molecular weight is 425 g/mol. The van der Waals surface area contributed by atoms with Crippen LogP contribution in [0.3, 0.4) is 0 Å². The smallest absolute Gasteiger partial charge is 0.410 e. The van der Waals surface area contributed by atoms with E-state index in [1.54, 1.807) is 7.11 Å². The van der Waals surface area contributed by atoms with Crippen LogP contribution in [0.5, 0.6) is 5.75 Å². The number of carbonyl (C=O) groups is 1. The monoisotopic (exact) mass is 424 g/mol. The van der Waals surface area contributed by atoms with E-state index in [1.165, 1.54) is 5.56 Å². The molecule has 3 aromatic rings. The second-order valence-electron chi connectivity index (χ2n) is 8.12. The molecule has 0 spiro atoms. The number of nitrogens with zero attached hydrogens (tertiary/aromatic N) is 1. The quantitative estimate of drug-likeness (QED) is 0.573. The van der Waals surface area contributed by atoms with E-state index in [0.717, 1.165) is 60.0 Å². The van der Waals surface area contributed by atoms with Gasteiger partial charge in [-0.2, -0.15) is 0 Å². The Morgan fingerprint density at radius 3 is 2.63 bits per heavy atom. The first-order valence-electron chi connectivity index (χ1n) is 10.6. The second-order valence-corrected chi connectivity index (χ2v) is 8.55. The Morgan fingerprint density at radius 1 is 1.13 bits per heavy atom. The number of carbonyl (C=O) groups excluding carboxylic acids is 1. The van der Waals surface area contributed by atoms with Crippen LogP contribution in [-0.4, -0.2) is 35.7 Å². The summed E-state index contributed by atoms with van der Waals surface area (Å²) in [5, 5.41) is 1.84. The van der Waals surface area contributed by atoms with Crippen LogP contribution in [0.4, 0.5) is 4.79 Å². The molecule has 0 bridgehead atoms. The van der Waals surface area contributed by atoms with E-state index in [9.17, 15) is 4.79 Å². The molecule has 6 heteroatoms. The number of nitrogens with one attached hydrogen (secondary N) is 1. The molecule has 1 aromatic heterocycles. The second kappa shape index (κ2) is 7.88. The largest absolute Gasteiger partial charge is 0.497 e. The Morgan fingerprint density at radius 2 is 1.90 bits per heavy atom. The number of aromatic nitrogens is 1. The fraction of sp³-hybridized carbons (Fsp3) is 0.375. The molecule has 0 radical (unpaired) electrons. The lowest BCUT2D eigenvalue weighted by molar-refractivity contribution is 0.0551. The molecule has 0 saturated heterocycles. The van der Waals surface area contributed by atoms with E-state index >= 15 is 0 Å². The average Bonchev–Trinajstić information content (AvgIpc) is 3.40. The number of methoxy groups -OCH3 is 1. The molecule has 30 heavy (non-hydrogen) atoms. The molecular formula is C24H25ClN2O3. The van der Waals surface area contributed by atoms with Crippen molar-refractivity contribution in [3.63, 3.8) is 0 Å². The first-order valence-corrected chi connectivity index (χ1v) is 10.9. The first kappa shape index (κ1) is 19.3. The minimum absolute atomic E-state index is 0.0388. The third-order valence-electron chi connectivity index (χ3n) is 6.32. The zero-order valence-electron chi connectivity index (χ0n) is 17.0. The molecule has 1 atom stereocenters. The van der Waals surface area contributed by atoms with Gasteiger partial charge in [-0.1, -0.05) is 23.7 Å². The number of H-pyrrole nitrogens is 1. The number of amides is 1. The van der Waals surface area contributed by atoms with Crippen LogP contribution in [0.1, 0.15) is 48.5 Å². The van der Waals surface area contributed by atoms with Gasteiger partial charge in [-0.3, -0.25) is 4.90 Å². The lowest BCUT2D eigenvalue weighted by atomic mass is 9.92. The van der Waals surface area contributed by atoms with Crippen molar-refractivity contribution in [3.05, 3.63) is 64.3 Å². The number of halogens is 1. The van der Waals surface area contributed by atoms with Crippen molar-refractivity contribution in [3.8, 4) is 5.75 Å². The molecule has 1 aliphatic carbocycles. The lowest BCUT2D eigenvalue weighted by Crippen LogP contribution is -2.42. The van der Waals surface area contributed by atoms with Gasteiger partial charge in [0.05, 0.1) is 7.11 Å². The molecule has 2 aromatic carbocycles. The Balaban J connectivity index is 1.57. The standard InChI is InChI=1S/C24H25ClN2O3/c1-29-17-9-6-15(7-10-17)23-22-19(20-14-16(25)8-11-21(20)26-22)12-13-27(23)24(28)30-18-4-2-3-5-18/h6-11,14,18,23,26H,2-5,12-13H2,1H3. The molecule has 1 aliphatic heterocycles. The molecule has 156 valence electrons. The van der Waals surface area contributed by atoms with E-state index in [-0.39, 0.29) is 18.2 Å². The van der Waals surface area contributed by atoms with Crippen molar-refractivity contribution < 1.29 is 14.3 Å². The highest BCUT2D eigenvalue weighted by Crippen LogP contribution is 2.40. The maximum absolute atomic E-state index is 13.2. The van der Waals surface area contributed by atoms with Gasteiger partial charge in [-0.05, 0) is 73.6 Å². The summed E-state index contributed by atoms with van der Waals surface area (Å²) >= 11 is 6.27. The Labute approximate surface area is 180 Å². The number of benzene rings is 2. The minimum Gasteiger partial charge on any atom is -0.497 e. The van der Waals surface area contributed by atoms with Crippen LogP contribution in [0.15, 0.2) is 42.5 Å². The molecule has 2 aliphatic rings. The van der Waals surface area contributed by atoms with Crippen LogP contribution in [-0.2, 0) is 11.2 Å². The van der Waals surface area contributed by atoms with Gasteiger partial charge in [0.2, 0.25) is 0 Å². The van der Waals surface area contributed by atoms with Crippen molar-refractivity contribution in [2.75, 3.05) is 13.7 Å². The van der Waals surface area contributed by atoms with E-state index in [4.69, 9.17) is 21.1 Å². The predicted molar refractivity (Wildman–Crippen MR) is 117 cm³/mol. The van der Waals surface area contributed by atoms with Crippen LogP contribution in [0.2, 0.25) is 5.02 Å². The van der Waals surface area contributed by atoms with E-state index < -0.39 is 0 Å². The van der Waals surface area contributed by atoms with Gasteiger partial charge in [-0.15, -0.1) is 0 Å². The summed E-state index contributed by atoms with van der Waals surface area (Å²) in [6, 6.07) is 13.6. The van der Waals surface area contributed by atoms with Crippen molar-refractivity contribution in [1.82, 2.24) is 9.88 Å². The summed E-state index contributed by atoms with van der Waals surface area (Å²) < 4.78 is 11.2. The van der Waals surface area contributed by atoms with Gasteiger partial charge >= 0.3 is 6.09 Å². The van der Waals surface area contributed by atoms with Gasteiger partial charge in [0, 0.05) is 28.2 Å². The number of rotatable bonds is 3. The summed E-state index contributed by atoms with van der Waals surface area (Å²) in [5.74, 6) is 0.790. The molecule has 1 amide bonds. The van der Waals surface area contributed by atoms with E-state index in [1.807, 2.05) is 47.4 Å². The van der Waals surface area contributed by atoms with Crippen molar-refractivity contribution in [2.24, 2.45) is 0 Å². The molecule has 5 nitrogen and oxygen atoms in total. The SMILES string of the molecule is COc1ccc(C2c3[nH]c4ccc(Cl)cc4c3CCN2C(=O)OC2CCCC2)cc1. The Kier molecular flexibility index (Phi) is 5.07. The van der Waals surface area contributed by atoms with Crippen LogP contribution >= 0.6 is 11.6 Å². The van der Waals surface area contributed by atoms with Gasteiger partial charge in [0.25, 0.3) is 0 Å². The topological polar surface area (TPSA) is 54.6 Å². The maximum atomic E-state index is 13.2. The number of aromatic amines is 1. The van der Waals surface area contributed by atoms with Crippen molar-refractivity contribution in [2.45, 2.75) is 44.2 Å². The third-order valence-corrected chi connectivity index (χ3v) is 6.56. The molecule has 2 heterocycles. The zero-order valence-corrected chi connectivity index (χ0v) is 17.7. The molecule has 1 fully saturated rings. The van der Waals surface area contributed by atoms with Gasteiger partial charge in [0.15, 0.2) is 0 Å². The van der Waals surface area contributed by atoms with Crippen molar-refractivity contribution in [1.29, 1.82) is 0 Å². The summed E-state index contributed by atoms with van der Waals surface area (Å²) in [5.41, 5.74) is 4.32. The van der Waals surface area contributed by atoms with Crippen molar-refractivity contribution >= 4 is 28.6 Å². The van der Waals surface area contributed by atoms with E-state index in [2.05, 4.69) is 4.98 Å². The fourth-order valence-electron chi connectivity index (χ4n) is 4.81. The number of ether oxygens (including phenoxy) is 2. The number of fused-ring (bicyclic) bond motifs is 3. The molecular weight excluding hydrogens is 400 g/mol. The fourth-order valence-corrected chi connectivity index (χ4v) is 4.98. The number of hydrogen-bond donors (Lipinski definition) is 1. The summed E-state index contributed by atoms with van der Waals surface area (Å²) in [6.45, 7) is 0.606. The minimum atomic E-state index is -0.236. The highest BCUT2D eigenvalue weighted by Gasteiger charge is 2.36. The van der Waals surface area contributed by atoms with Crippen LogP contribution in [0.25, 0.3) is 10.9 Å². The highest BCUT2D eigenvalue weighted by atomic mass is 35.5. The van der Waals surface area contributed by atoms with Gasteiger partial charge in [-0.25, -0.2) is 4.79 Å². The number of hydrogen-bond acceptors (Lipinski definition) is 3. The molecule has 1 saturated carbocycles. The Bertz CT molecular complexity index is 1070. The third kappa shape index (κ3) is 3.41. The summed E-state index contributed by atoms with van der Waals surface area (Å²) in [7, 11) is 1.65. The molecule has 5 rings (SSSR count). The zero-order chi connectivity index (χ0) is 20.7. The van der Waals surface area contributed by atoms with E-state index in [0.29, 0.717) is 11.6 Å². The highest BCUT2D eigenvalue weighted by molar-refractivity contribution is 6.31. The predicted octanol–water partition coefficient (Wildman–Crippen LogP) is 5.86. The molecule has 1 unspecified atom stereocenters. The van der Waals surface area contributed by atoms with Crippen LogP contribution in [0, 0.1) is 0 Å². The van der Waals surface area contributed by atoms with Gasteiger partial charge < -0.3 is 14.5 Å². The summed E-state index contributed by atoms with van der Waals surface area (Å²) in [6.07, 6.45) is 4.76. The van der Waals surface area contributed by atoms with Crippen LogP contribution < -0.4 is 4.74 Å². The Hall–Kier alpha value is -2.66. The first-order chi connectivity index (χ1) is 14.6. The van der Waals surface area contributed by atoms with Gasteiger partial charge in [0.1, 0.15) is 17.9 Å². The normalized spacial score (nSPS) is 19.1.